The second-order valence-electron chi connectivity index (χ2n) is 8.21. The van der Waals surface area contributed by atoms with Crippen LogP contribution in [-0.2, 0) is 11.3 Å². The van der Waals surface area contributed by atoms with E-state index in [-0.39, 0.29) is 0 Å². The van der Waals surface area contributed by atoms with Gasteiger partial charge in [-0.2, -0.15) is 10.2 Å². The van der Waals surface area contributed by atoms with Crippen molar-refractivity contribution in [1.82, 2.24) is 29.9 Å². The fourth-order valence-corrected chi connectivity index (χ4v) is 4.09. The summed E-state index contributed by atoms with van der Waals surface area (Å²) < 4.78 is 7.58. The summed E-state index contributed by atoms with van der Waals surface area (Å²) in [7, 11) is 1.80. The summed E-state index contributed by atoms with van der Waals surface area (Å²) >= 11 is 0. The maximum Gasteiger partial charge on any atom is 0.163 e. The first-order valence-electron chi connectivity index (χ1n) is 10.2. The molecule has 28 heavy (non-hydrogen) atoms. The molecule has 3 aromatic heterocycles. The molecule has 8 heteroatoms. The number of aryl methyl sites for hydroxylation is 1. The highest BCUT2D eigenvalue weighted by Gasteiger charge is 2.27. The molecule has 0 unspecified atom stereocenters. The molecule has 0 radical (unpaired) electrons. The number of hydrogen-bond donors (Lipinski definition) is 2. The number of ether oxygens (including phenoxy) is 1. The minimum Gasteiger partial charge on any atom is -0.381 e. The van der Waals surface area contributed by atoms with Crippen LogP contribution in [0.3, 0.4) is 0 Å². The third-order valence-electron chi connectivity index (χ3n) is 5.97. The Morgan fingerprint density at radius 3 is 2.68 bits per heavy atom. The molecule has 2 aliphatic rings. The zero-order valence-corrected chi connectivity index (χ0v) is 16.5. The van der Waals surface area contributed by atoms with E-state index < -0.39 is 0 Å². The lowest BCUT2D eigenvalue weighted by Gasteiger charge is -2.26. The first kappa shape index (κ1) is 17.6. The van der Waals surface area contributed by atoms with Crippen molar-refractivity contribution in [2.75, 3.05) is 12.4 Å². The number of methoxy groups -OCH3 is 1. The summed E-state index contributed by atoms with van der Waals surface area (Å²) in [5.74, 6) is 3.57. The highest BCUT2D eigenvalue weighted by Crippen LogP contribution is 2.36. The van der Waals surface area contributed by atoms with Gasteiger partial charge < -0.3 is 10.1 Å². The van der Waals surface area contributed by atoms with E-state index in [1.54, 1.807) is 7.11 Å². The van der Waals surface area contributed by atoms with Crippen molar-refractivity contribution in [2.24, 2.45) is 5.92 Å². The minimum atomic E-state index is 0.363. The van der Waals surface area contributed by atoms with E-state index in [0.29, 0.717) is 12.0 Å². The average molecular weight is 381 g/mol. The summed E-state index contributed by atoms with van der Waals surface area (Å²) in [5.41, 5.74) is 1.94. The number of hydrogen-bond acceptors (Lipinski definition) is 6. The van der Waals surface area contributed by atoms with Crippen molar-refractivity contribution in [3.05, 3.63) is 23.8 Å². The third kappa shape index (κ3) is 3.48. The topological polar surface area (TPSA) is 93.5 Å². The summed E-state index contributed by atoms with van der Waals surface area (Å²) in [4.78, 5) is 9.90. The van der Waals surface area contributed by atoms with Crippen molar-refractivity contribution in [3.8, 4) is 0 Å². The van der Waals surface area contributed by atoms with Crippen LogP contribution in [0, 0.1) is 12.8 Å². The molecule has 3 aromatic rings. The van der Waals surface area contributed by atoms with Crippen LogP contribution in [-0.4, -0.2) is 43.2 Å². The molecule has 0 aromatic carbocycles. The van der Waals surface area contributed by atoms with Crippen molar-refractivity contribution in [1.29, 1.82) is 0 Å². The number of nitrogens with one attached hydrogen (secondary N) is 2. The van der Waals surface area contributed by atoms with E-state index >= 15 is 0 Å². The lowest BCUT2D eigenvalue weighted by Crippen LogP contribution is -2.21. The first-order valence-corrected chi connectivity index (χ1v) is 10.2. The van der Waals surface area contributed by atoms with Gasteiger partial charge in [0.05, 0.1) is 17.7 Å². The van der Waals surface area contributed by atoms with E-state index in [9.17, 15) is 0 Å². The fourth-order valence-electron chi connectivity index (χ4n) is 4.09. The number of nitrogens with zero attached hydrogens (tertiary/aromatic N) is 5. The number of anilines is 2. The second kappa shape index (κ2) is 7.16. The Kier molecular flexibility index (Phi) is 4.50. The molecule has 0 spiro atoms. The van der Waals surface area contributed by atoms with Crippen LogP contribution in [0.15, 0.2) is 12.3 Å². The Hall–Kier alpha value is -2.48. The number of aromatic nitrogens is 6. The standard InChI is InChI=1S/C20H27N7O/c1-12-9-17(26-25-12)22-19-16-10-21-27(11-13-3-4-13)20(16)24-18(23-19)14-5-7-15(28-2)8-6-14/h9-10,13-15H,3-8,11H2,1-2H3,(H2,22,23,24,25,26). The van der Waals surface area contributed by atoms with Gasteiger partial charge in [-0.3, -0.25) is 5.10 Å². The Morgan fingerprint density at radius 2 is 2.00 bits per heavy atom. The molecular weight excluding hydrogens is 354 g/mol. The average Bonchev–Trinajstić information content (AvgIpc) is 3.30. The molecule has 5 rings (SSSR count). The number of rotatable bonds is 6. The van der Waals surface area contributed by atoms with Gasteiger partial charge in [0, 0.05) is 31.3 Å². The van der Waals surface area contributed by atoms with Crippen LogP contribution < -0.4 is 5.32 Å². The second-order valence-corrected chi connectivity index (χ2v) is 8.21. The van der Waals surface area contributed by atoms with Gasteiger partial charge >= 0.3 is 0 Å². The zero-order chi connectivity index (χ0) is 19.1. The maximum atomic E-state index is 5.53. The number of aromatic amines is 1. The maximum absolute atomic E-state index is 5.53. The molecule has 0 aliphatic heterocycles. The highest BCUT2D eigenvalue weighted by atomic mass is 16.5. The molecule has 0 amide bonds. The number of H-pyrrole nitrogens is 1. The normalized spacial score (nSPS) is 22.6. The van der Waals surface area contributed by atoms with Crippen LogP contribution in [0.2, 0.25) is 0 Å². The highest BCUT2D eigenvalue weighted by molar-refractivity contribution is 5.88. The summed E-state index contributed by atoms with van der Waals surface area (Å²) in [6.45, 7) is 2.93. The predicted octanol–water partition coefficient (Wildman–Crippen LogP) is 3.68. The molecule has 2 aliphatic carbocycles. The molecule has 8 nitrogen and oxygen atoms in total. The van der Waals surface area contributed by atoms with Crippen molar-refractivity contribution in [3.63, 3.8) is 0 Å². The molecule has 2 N–H and O–H groups in total. The van der Waals surface area contributed by atoms with Gasteiger partial charge in [0.1, 0.15) is 11.6 Å². The first-order chi connectivity index (χ1) is 13.7. The van der Waals surface area contributed by atoms with E-state index in [0.717, 1.165) is 72.3 Å². The van der Waals surface area contributed by atoms with Crippen LogP contribution in [0.4, 0.5) is 11.6 Å². The van der Waals surface area contributed by atoms with Gasteiger partial charge in [-0.15, -0.1) is 0 Å². The van der Waals surface area contributed by atoms with Gasteiger partial charge in [-0.05, 0) is 51.4 Å². The molecule has 0 saturated heterocycles. The van der Waals surface area contributed by atoms with Gasteiger partial charge in [0.25, 0.3) is 0 Å². The van der Waals surface area contributed by atoms with Gasteiger partial charge in [0.15, 0.2) is 11.5 Å². The molecule has 2 fully saturated rings. The predicted molar refractivity (Wildman–Crippen MR) is 107 cm³/mol. The van der Waals surface area contributed by atoms with Gasteiger partial charge in [-0.25, -0.2) is 14.6 Å². The van der Waals surface area contributed by atoms with Gasteiger partial charge in [0.2, 0.25) is 0 Å². The summed E-state index contributed by atoms with van der Waals surface area (Å²) in [6, 6.07) is 1.98. The molecule has 3 heterocycles. The lowest BCUT2D eigenvalue weighted by atomic mass is 9.87. The van der Waals surface area contributed by atoms with Crippen LogP contribution in [0.1, 0.15) is 56.0 Å². The van der Waals surface area contributed by atoms with E-state index in [2.05, 4.69) is 25.3 Å². The van der Waals surface area contributed by atoms with Gasteiger partial charge in [-0.1, -0.05) is 0 Å². The smallest absolute Gasteiger partial charge is 0.163 e. The van der Waals surface area contributed by atoms with E-state index in [4.69, 9.17) is 14.7 Å². The van der Waals surface area contributed by atoms with Crippen molar-refractivity contribution >= 4 is 22.7 Å². The van der Waals surface area contributed by atoms with Crippen molar-refractivity contribution in [2.45, 2.75) is 64.0 Å². The monoisotopic (exact) mass is 381 g/mol. The summed E-state index contributed by atoms with van der Waals surface area (Å²) in [6.07, 6.45) is 9.06. The minimum absolute atomic E-state index is 0.363. The molecule has 0 bridgehead atoms. The van der Waals surface area contributed by atoms with Crippen LogP contribution in [0.25, 0.3) is 11.0 Å². The Morgan fingerprint density at radius 1 is 1.18 bits per heavy atom. The molecule has 148 valence electrons. The fraction of sp³-hybridized carbons (Fsp3) is 0.600. The molecule has 2 saturated carbocycles. The third-order valence-corrected chi connectivity index (χ3v) is 5.97. The van der Waals surface area contributed by atoms with Crippen LogP contribution in [0.5, 0.6) is 0 Å². The Balaban J connectivity index is 1.51. The zero-order valence-electron chi connectivity index (χ0n) is 16.5. The summed E-state index contributed by atoms with van der Waals surface area (Å²) in [5, 5.41) is 16.2. The molecule has 0 atom stereocenters. The number of fused-ring (bicyclic) bond motifs is 1. The van der Waals surface area contributed by atoms with Crippen molar-refractivity contribution < 1.29 is 4.74 Å². The SMILES string of the molecule is COC1CCC(c2nc(Nc3cc(C)[nH]n3)c3cnn(CC4CC4)c3n2)CC1. The Labute approximate surface area is 164 Å². The van der Waals surface area contributed by atoms with E-state index in [1.807, 2.05) is 19.2 Å². The quantitative estimate of drug-likeness (QED) is 0.676. The van der Waals surface area contributed by atoms with Crippen LogP contribution >= 0.6 is 0 Å². The molecular formula is C20H27N7O. The lowest BCUT2D eigenvalue weighted by molar-refractivity contribution is 0.0651. The Bertz CT molecular complexity index is 966. The largest absolute Gasteiger partial charge is 0.381 e. The van der Waals surface area contributed by atoms with E-state index in [1.165, 1.54) is 12.8 Å².